The molecule has 6 nitrogen and oxygen atoms in total. The van der Waals surface area contributed by atoms with Crippen LogP contribution in [0.15, 0.2) is 51.8 Å². The van der Waals surface area contributed by atoms with Gasteiger partial charge in [-0.05, 0) is 56.7 Å². The molecule has 0 spiro atoms. The number of halogens is 1. The van der Waals surface area contributed by atoms with Crippen LogP contribution < -0.4 is 14.8 Å². The fraction of sp³-hybridized carbons (Fsp3) is 0.316. The molecule has 1 atom stereocenters. The highest BCUT2D eigenvalue weighted by molar-refractivity contribution is 9.10. The summed E-state index contributed by atoms with van der Waals surface area (Å²) in [7, 11) is -2.42. The average Bonchev–Trinajstić information content (AvgIpc) is 2.60. The minimum absolute atomic E-state index is 0.0681. The SMILES string of the molecule is COc1ccc(C(=O)NC(C)c2cccc(Br)c2)cc1S(=O)(=O)NC(C)C. The minimum Gasteiger partial charge on any atom is -0.495 e. The van der Waals surface area contributed by atoms with Gasteiger partial charge in [-0.15, -0.1) is 0 Å². The van der Waals surface area contributed by atoms with Gasteiger partial charge in [0.05, 0.1) is 13.2 Å². The molecule has 0 aliphatic heterocycles. The second-order valence-electron chi connectivity index (χ2n) is 6.39. The van der Waals surface area contributed by atoms with Gasteiger partial charge in [-0.25, -0.2) is 13.1 Å². The molecular weight excluding hydrogens is 432 g/mol. The normalized spacial score (nSPS) is 12.7. The Morgan fingerprint density at radius 1 is 1.11 bits per heavy atom. The van der Waals surface area contributed by atoms with E-state index < -0.39 is 10.0 Å². The van der Waals surface area contributed by atoms with Gasteiger partial charge in [-0.2, -0.15) is 0 Å². The zero-order chi connectivity index (χ0) is 20.2. The fourth-order valence-corrected chi connectivity index (χ4v) is 4.40. The maximum Gasteiger partial charge on any atom is 0.251 e. The van der Waals surface area contributed by atoms with Crippen LogP contribution in [0.25, 0.3) is 0 Å². The van der Waals surface area contributed by atoms with Crippen LogP contribution in [-0.2, 0) is 10.0 Å². The first-order chi connectivity index (χ1) is 12.6. The fourth-order valence-electron chi connectivity index (χ4n) is 2.54. The first-order valence-electron chi connectivity index (χ1n) is 8.40. The van der Waals surface area contributed by atoms with Gasteiger partial charge < -0.3 is 10.1 Å². The van der Waals surface area contributed by atoms with Crippen molar-refractivity contribution in [2.24, 2.45) is 0 Å². The molecule has 8 heteroatoms. The van der Waals surface area contributed by atoms with Crippen molar-refractivity contribution in [1.82, 2.24) is 10.0 Å². The zero-order valence-electron chi connectivity index (χ0n) is 15.6. The number of benzene rings is 2. The summed E-state index contributed by atoms with van der Waals surface area (Å²) >= 11 is 3.41. The van der Waals surface area contributed by atoms with E-state index in [1.807, 2.05) is 31.2 Å². The highest BCUT2D eigenvalue weighted by Crippen LogP contribution is 2.26. The number of hydrogen-bond acceptors (Lipinski definition) is 4. The number of carbonyl (C=O) groups is 1. The molecule has 0 bridgehead atoms. The monoisotopic (exact) mass is 454 g/mol. The third-order valence-electron chi connectivity index (χ3n) is 3.80. The molecule has 0 aliphatic rings. The Hall–Kier alpha value is -1.90. The third-order valence-corrected chi connectivity index (χ3v) is 5.98. The summed E-state index contributed by atoms with van der Waals surface area (Å²) in [5.41, 5.74) is 1.17. The first-order valence-corrected chi connectivity index (χ1v) is 10.7. The van der Waals surface area contributed by atoms with Gasteiger partial charge >= 0.3 is 0 Å². The van der Waals surface area contributed by atoms with Crippen LogP contribution in [0.2, 0.25) is 0 Å². The van der Waals surface area contributed by atoms with Gasteiger partial charge in [0.15, 0.2) is 0 Å². The number of sulfonamides is 1. The van der Waals surface area contributed by atoms with Crippen molar-refractivity contribution in [3.8, 4) is 5.75 Å². The molecule has 0 aliphatic carbocycles. The van der Waals surface area contributed by atoms with E-state index in [9.17, 15) is 13.2 Å². The summed E-state index contributed by atoms with van der Waals surface area (Å²) in [4.78, 5) is 12.6. The van der Waals surface area contributed by atoms with E-state index >= 15 is 0 Å². The largest absolute Gasteiger partial charge is 0.495 e. The van der Waals surface area contributed by atoms with Crippen LogP contribution in [0.3, 0.4) is 0 Å². The summed E-state index contributed by atoms with van der Waals surface area (Å²) in [6.07, 6.45) is 0. The molecule has 0 saturated heterocycles. The van der Waals surface area contributed by atoms with E-state index in [1.54, 1.807) is 13.8 Å². The summed E-state index contributed by atoms with van der Waals surface area (Å²) < 4.78 is 33.7. The molecule has 0 saturated carbocycles. The highest BCUT2D eigenvalue weighted by Gasteiger charge is 2.23. The van der Waals surface area contributed by atoms with E-state index in [1.165, 1.54) is 25.3 Å². The van der Waals surface area contributed by atoms with Gasteiger partial charge in [0.25, 0.3) is 5.91 Å². The Bertz CT molecular complexity index is 929. The van der Waals surface area contributed by atoms with Crippen LogP contribution in [0.5, 0.6) is 5.75 Å². The van der Waals surface area contributed by atoms with Gasteiger partial charge in [0.1, 0.15) is 10.6 Å². The van der Waals surface area contributed by atoms with Crippen LogP contribution in [0.4, 0.5) is 0 Å². The van der Waals surface area contributed by atoms with Crippen molar-refractivity contribution in [3.05, 3.63) is 58.1 Å². The number of hydrogen-bond donors (Lipinski definition) is 2. The lowest BCUT2D eigenvalue weighted by molar-refractivity contribution is 0.0939. The second kappa shape index (κ2) is 8.86. The molecule has 2 rings (SSSR count). The van der Waals surface area contributed by atoms with Crippen molar-refractivity contribution in [3.63, 3.8) is 0 Å². The third kappa shape index (κ3) is 5.54. The summed E-state index contributed by atoms with van der Waals surface area (Å²) in [6.45, 7) is 5.31. The predicted octanol–water partition coefficient (Wildman–Crippen LogP) is 3.64. The molecule has 2 N–H and O–H groups in total. The average molecular weight is 455 g/mol. The van der Waals surface area contributed by atoms with E-state index in [0.29, 0.717) is 0 Å². The van der Waals surface area contributed by atoms with E-state index in [4.69, 9.17) is 4.74 Å². The number of amides is 1. The molecule has 146 valence electrons. The Morgan fingerprint density at radius 2 is 1.81 bits per heavy atom. The number of ether oxygens (including phenoxy) is 1. The molecule has 2 aromatic rings. The quantitative estimate of drug-likeness (QED) is 0.668. The summed E-state index contributed by atoms with van der Waals surface area (Å²) in [5, 5.41) is 2.88. The zero-order valence-corrected chi connectivity index (χ0v) is 18.0. The molecule has 0 heterocycles. The number of methoxy groups -OCH3 is 1. The van der Waals surface area contributed by atoms with Crippen LogP contribution in [0.1, 0.15) is 42.7 Å². The van der Waals surface area contributed by atoms with E-state index in [2.05, 4.69) is 26.0 Å². The topological polar surface area (TPSA) is 84.5 Å². The highest BCUT2D eigenvalue weighted by atomic mass is 79.9. The number of rotatable bonds is 7. The Balaban J connectivity index is 2.30. The smallest absolute Gasteiger partial charge is 0.251 e. The van der Waals surface area contributed by atoms with E-state index in [0.717, 1.165) is 10.0 Å². The molecule has 0 fully saturated rings. The molecule has 0 aromatic heterocycles. The molecule has 2 aromatic carbocycles. The van der Waals surface area contributed by atoms with Crippen LogP contribution in [-0.4, -0.2) is 27.5 Å². The molecule has 27 heavy (non-hydrogen) atoms. The van der Waals surface area contributed by atoms with E-state index in [-0.39, 0.29) is 34.2 Å². The Kier molecular flexibility index (Phi) is 7.02. The lowest BCUT2D eigenvalue weighted by atomic mass is 10.1. The molecule has 1 unspecified atom stereocenters. The van der Waals surface area contributed by atoms with Gasteiger partial charge in [-0.3, -0.25) is 4.79 Å². The molecule has 0 radical (unpaired) electrons. The maximum atomic E-state index is 12.6. The standard InChI is InChI=1S/C19H23BrN2O4S/c1-12(2)22-27(24,25)18-11-15(8-9-17(18)26-4)19(23)21-13(3)14-6-5-7-16(20)10-14/h5-13,22H,1-4H3,(H,21,23). The maximum absolute atomic E-state index is 12.6. The lowest BCUT2D eigenvalue weighted by Gasteiger charge is -2.17. The van der Waals surface area contributed by atoms with Gasteiger partial charge in [-0.1, -0.05) is 28.1 Å². The minimum atomic E-state index is -3.81. The van der Waals surface area contributed by atoms with Crippen LogP contribution in [0, 0.1) is 0 Å². The second-order valence-corrected chi connectivity index (χ2v) is 8.99. The molecular formula is C19H23BrN2O4S. The Labute approximate surface area is 168 Å². The van der Waals surface area contributed by atoms with Crippen molar-refractivity contribution in [2.45, 2.75) is 37.8 Å². The lowest BCUT2D eigenvalue weighted by Crippen LogP contribution is -2.31. The number of nitrogens with one attached hydrogen (secondary N) is 2. The number of carbonyl (C=O) groups excluding carboxylic acids is 1. The van der Waals surface area contributed by atoms with Crippen LogP contribution >= 0.6 is 15.9 Å². The Morgan fingerprint density at radius 3 is 2.41 bits per heavy atom. The van der Waals surface area contributed by atoms with Crippen molar-refractivity contribution >= 4 is 31.9 Å². The predicted molar refractivity (Wildman–Crippen MR) is 108 cm³/mol. The van der Waals surface area contributed by atoms with Crippen molar-refractivity contribution in [1.29, 1.82) is 0 Å². The van der Waals surface area contributed by atoms with Crippen molar-refractivity contribution in [2.75, 3.05) is 7.11 Å². The van der Waals surface area contributed by atoms with Crippen molar-refractivity contribution < 1.29 is 17.9 Å². The summed E-state index contributed by atoms with van der Waals surface area (Å²) in [5.74, 6) is -0.189. The molecule has 1 amide bonds. The van der Waals surface area contributed by atoms with Gasteiger partial charge in [0, 0.05) is 16.1 Å². The summed E-state index contributed by atoms with van der Waals surface area (Å²) in [6, 6.07) is 11.4. The first kappa shape index (κ1) is 21.4. The van der Waals surface area contributed by atoms with Gasteiger partial charge in [0.2, 0.25) is 10.0 Å².